The van der Waals surface area contributed by atoms with Crippen molar-refractivity contribution in [1.82, 2.24) is 0 Å². The van der Waals surface area contributed by atoms with E-state index in [2.05, 4.69) is 257 Å². The zero-order valence-electron chi connectivity index (χ0n) is 41.2. The van der Waals surface area contributed by atoms with Crippen LogP contribution in [0.15, 0.2) is 253 Å². The van der Waals surface area contributed by atoms with Crippen molar-refractivity contribution in [2.45, 2.75) is 58.8 Å². The topological polar surface area (TPSA) is 0 Å². The van der Waals surface area contributed by atoms with Gasteiger partial charge in [0.05, 0.1) is 0 Å². The second-order valence-corrected chi connectivity index (χ2v) is 22.8. The van der Waals surface area contributed by atoms with E-state index < -0.39 is 8.07 Å². The van der Waals surface area contributed by atoms with Crippen LogP contribution in [-0.4, -0.2) is 8.07 Å². The average Bonchev–Trinajstić information content (AvgIpc) is 3.70. The van der Waals surface area contributed by atoms with Crippen LogP contribution >= 0.6 is 37.2 Å². The van der Waals surface area contributed by atoms with E-state index >= 15 is 0 Å². The van der Waals surface area contributed by atoms with Crippen molar-refractivity contribution in [2.24, 2.45) is 0 Å². The molecule has 1 aliphatic carbocycles. The van der Waals surface area contributed by atoms with E-state index in [9.17, 15) is 0 Å². The van der Waals surface area contributed by atoms with E-state index in [1.165, 1.54) is 93.5 Å². The van der Waals surface area contributed by atoms with Crippen LogP contribution in [0, 0.1) is 6.08 Å². The largest absolute Gasteiger partial charge is 0.270 e. The van der Waals surface area contributed by atoms with Gasteiger partial charge in [-0.3, -0.25) is 6.08 Å². The minimum absolute atomic E-state index is 0. The molecule has 0 saturated carbocycles. The number of benzene rings is 9. The van der Waals surface area contributed by atoms with Crippen LogP contribution in [0.3, 0.4) is 0 Å². The first-order valence-electron chi connectivity index (χ1n) is 24.4. The molecule has 0 saturated heterocycles. The van der Waals surface area contributed by atoms with E-state index in [-0.39, 0.29) is 58.9 Å². The van der Waals surface area contributed by atoms with Gasteiger partial charge in [0.25, 0.3) is 0 Å². The third-order valence-corrected chi connectivity index (χ3v) is 18.9. The van der Waals surface area contributed by atoms with E-state index in [0.717, 1.165) is 44.9 Å². The molecule has 9 aromatic rings. The first-order valence-corrected chi connectivity index (χ1v) is 26.4. The van der Waals surface area contributed by atoms with Crippen LogP contribution < -0.4 is 15.6 Å². The van der Waals surface area contributed by atoms with Gasteiger partial charge in [-0.2, -0.15) is 5.20 Å². The van der Waals surface area contributed by atoms with Crippen molar-refractivity contribution in [1.29, 1.82) is 0 Å². The van der Waals surface area contributed by atoms with Gasteiger partial charge in [-0.1, -0.05) is 244 Å². The summed E-state index contributed by atoms with van der Waals surface area (Å²) in [5.74, 6) is 0. The van der Waals surface area contributed by atoms with Crippen molar-refractivity contribution in [3.05, 3.63) is 326 Å². The fourth-order valence-corrected chi connectivity index (χ4v) is 16.2. The first kappa shape index (κ1) is 55.6. The Morgan fingerprint density at radius 1 is 0.306 bits per heavy atom. The van der Waals surface area contributed by atoms with Gasteiger partial charge in [-0.15, -0.1) is 50.6 Å². The van der Waals surface area contributed by atoms with E-state index in [1.807, 2.05) is 0 Å². The summed E-state index contributed by atoms with van der Waals surface area (Å²) in [6.45, 7) is 4.68. The Kier molecular flexibility index (Phi) is 20.3. The molecule has 1 aliphatic rings. The monoisotopic (exact) mass is 1050 g/mol. The molecule has 10 rings (SSSR count). The number of allylic oxidation sites excluding steroid dienone is 4. The molecule has 5 heteroatoms. The molecule has 9 aromatic carbocycles. The van der Waals surface area contributed by atoms with Crippen molar-refractivity contribution >= 4 is 60.9 Å². The second kappa shape index (κ2) is 26.3. The zero-order valence-corrected chi connectivity index (χ0v) is 46.2. The molecule has 72 heavy (non-hydrogen) atoms. The molecule has 0 spiro atoms. The van der Waals surface area contributed by atoms with Gasteiger partial charge >= 0.3 is 0 Å². The fourth-order valence-electron chi connectivity index (χ4n) is 10.7. The summed E-state index contributed by atoms with van der Waals surface area (Å²) in [6.07, 6.45) is 9.94. The number of hydrogen-bond donors (Lipinski definition) is 0. The zero-order chi connectivity index (χ0) is 46.1. The van der Waals surface area contributed by atoms with Crippen LogP contribution in [0.5, 0.6) is 0 Å². The minimum Gasteiger partial charge on any atom is -0.270 e. The maximum Gasteiger partial charge on any atom is 0.157 e. The number of halogens is 3. The molecule has 0 amide bonds. The van der Waals surface area contributed by atoms with Crippen molar-refractivity contribution < 1.29 is 21.7 Å². The van der Waals surface area contributed by atoms with Gasteiger partial charge in [0, 0.05) is 21.7 Å². The number of hydrogen-bond acceptors (Lipinski definition) is 0. The molecule has 0 radical (unpaired) electrons. The molecular weight excluding hydrogens is 987 g/mol. The molecular formula is C67H62Cl3SiTi-. The molecule has 360 valence electrons. The summed E-state index contributed by atoms with van der Waals surface area (Å²) in [6, 6.07) is 89.6. The predicted octanol–water partition coefficient (Wildman–Crippen LogP) is 15.0. The van der Waals surface area contributed by atoms with Gasteiger partial charge in [0.1, 0.15) is 0 Å². The Morgan fingerprint density at radius 2 is 0.514 bits per heavy atom. The summed E-state index contributed by atoms with van der Waals surface area (Å²) in [5, 5.41) is 5.90. The minimum atomic E-state index is -3.19. The molecule has 0 fully saturated rings. The summed E-state index contributed by atoms with van der Waals surface area (Å²) >= 11 is 0. The molecule has 0 N–H and O–H groups in total. The van der Waals surface area contributed by atoms with E-state index in [1.54, 1.807) is 5.20 Å². The van der Waals surface area contributed by atoms with Crippen molar-refractivity contribution in [2.75, 3.05) is 0 Å². The molecule has 0 unspecified atom stereocenters. The van der Waals surface area contributed by atoms with Crippen LogP contribution in [0.25, 0.3) is 0 Å². The molecule has 0 nitrogen and oxygen atoms in total. The van der Waals surface area contributed by atoms with Crippen molar-refractivity contribution in [3.8, 4) is 0 Å². The Bertz CT molecular complexity index is 2700. The van der Waals surface area contributed by atoms with Crippen LogP contribution in [0.2, 0.25) is 0 Å². The standard InChI is InChI=1S/C67H59Si.3ClH.Ti/c1-50-33-34-67(51(50)2)68(64-44-58(35-52-21-9-3-10-22-52)41-59(45-64)36-53-23-11-4-12-24-53,65-46-60(37-54-25-13-5-14-26-54)42-61(47-65)38-55-27-15-6-16-28-55)66-48-62(39-56-29-17-7-18-30-56)43-63(49-66)40-57-31-19-8-20-32-57;;;;/h3-32,41-49H,34-40H2,1-2H3;3*1H;/q-1;;;;. The molecule has 0 aliphatic heterocycles. The maximum absolute atomic E-state index is 3.94. The van der Waals surface area contributed by atoms with Gasteiger partial charge in [-0.05, 0) is 121 Å². The molecule has 0 heterocycles. The molecule has 0 atom stereocenters. The van der Waals surface area contributed by atoms with E-state index in [0.29, 0.717) is 0 Å². The summed E-state index contributed by atoms with van der Waals surface area (Å²) in [7, 11) is -3.19. The SMILES string of the molecule is CC1=[C-]CC([Si](c2cc(Cc3ccccc3)cc(Cc3ccccc3)c2)(c2cc(Cc3ccccc3)cc(Cc3ccccc3)c2)c2cc(Cc3ccccc3)cc(Cc3ccccc3)c2)=C1C.Cl.Cl.Cl.[Ti]. The Morgan fingerprint density at radius 3 is 0.694 bits per heavy atom. The second-order valence-electron chi connectivity index (χ2n) is 18.9. The van der Waals surface area contributed by atoms with E-state index in [4.69, 9.17) is 0 Å². The van der Waals surface area contributed by atoms with Gasteiger partial charge < -0.3 is 0 Å². The van der Waals surface area contributed by atoms with Gasteiger partial charge in [0.15, 0.2) is 8.07 Å². The quantitative estimate of drug-likeness (QED) is 0.0514. The molecule has 0 bridgehead atoms. The number of rotatable bonds is 16. The van der Waals surface area contributed by atoms with Crippen LogP contribution in [0.1, 0.15) is 87.0 Å². The Labute approximate surface area is 463 Å². The molecule has 0 aromatic heterocycles. The van der Waals surface area contributed by atoms with Gasteiger partial charge in [0.2, 0.25) is 0 Å². The predicted molar refractivity (Wildman–Crippen MR) is 311 cm³/mol. The summed E-state index contributed by atoms with van der Waals surface area (Å²) in [4.78, 5) is 0. The first-order chi connectivity index (χ1) is 33.4. The van der Waals surface area contributed by atoms with Crippen molar-refractivity contribution in [3.63, 3.8) is 0 Å². The summed E-state index contributed by atoms with van der Waals surface area (Å²) in [5.41, 5.74) is 18.8. The van der Waals surface area contributed by atoms with Crippen LogP contribution in [-0.2, 0) is 60.2 Å². The maximum atomic E-state index is 3.94. The fraction of sp³-hybridized carbons (Fsp3) is 0.134. The average molecular weight is 1050 g/mol. The Balaban J connectivity index is 0.00000212. The third-order valence-electron chi connectivity index (χ3n) is 14.0. The normalized spacial score (nSPS) is 11.9. The third kappa shape index (κ3) is 13.3. The smallest absolute Gasteiger partial charge is 0.157 e. The summed E-state index contributed by atoms with van der Waals surface area (Å²) < 4.78 is 0. The van der Waals surface area contributed by atoms with Crippen LogP contribution in [0.4, 0.5) is 0 Å². The Hall–Kier alpha value is -5.74. The van der Waals surface area contributed by atoms with Gasteiger partial charge in [-0.25, -0.2) is 11.1 Å².